The second-order valence-corrected chi connectivity index (χ2v) is 5.28. The summed E-state index contributed by atoms with van der Waals surface area (Å²) in [7, 11) is 5.13. The number of nitrogens with zero attached hydrogens (tertiary/aromatic N) is 3. The summed E-state index contributed by atoms with van der Waals surface area (Å²) < 4.78 is 5.19. The van der Waals surface area contributed by atoms with Gasteiger partial charge in [-0.25, -0.2) is 4.98 Å². The molecule has 2 heterocycles. The first kappa shape index (κ1) is 14.2. The van der Waals surface area contributed by atoms with Crippen LogP contribution in [0.1, 0.15) is 37.7 Å². The molecule has 0 saturated carbocycles. The first-order chi connectivity index (χ1) is 10.5. The molecule has 6 nitrogen and oxygen atoms in total. The third-order valence-corrected chi connectivity index (χ3v) is 3.81. The van der Waals surface area contributed by atoms with Crippen LogP contribution in [-0.2, 0) is 0 Å². The van der Waals surface area contributed by atoms with Gasteiger partial charge in [-0.05, 0) is 13.0 Å². The second-order valence-electron chi connectivity index (χ2n) is 5.28. The Hall–Kier alpha value is -2.76. The molecule has 3 rings (SSSR count). The van der Waals surface area contributed by atoms with Crippen molar-refractivity contribution in [1.29, 1.82) is 0 Å². The van der Waals surface area contributed by atoms with Gasteiger partial charge >= 0.3 is 0 Å². The molecule has 0 N–H and O–H groups in total. The number of ether oxygens (including phenoxy) is 1. The van der Waals surface area contributed by atoms with Crippen LogP contribution in [0, 0.1) is 6.92 Å². The normalized spacial score (nSPS) is 12.7. The zero-order valence-electron chi connectivity index (χ0n) is 12.8. The van der Waals surface area contributed by atoms with E-state index in [9.17, 15) is 9.59 Å². The van der Waals surface area contributed by atoms with Crippen molar-refractivity contribution in [3.63, 3.8) is 0 Å². The maximum absolute atomic E-state index is 12.8. The minimum Gasteiger partial charge on any atom is -0.495 e. The van der Waals surface area contributed by atoms with Crippen LogP contribution >= 0.6 is 0 Å². The molecule has 0 saturated heterocycles. The smallest absolute Gasteiger partial charge is 0.216 e. The first-order valence-corrected chi connectivity index (χ1v) is 6.76. The van der Waals surface area contributed by atoms with E-state index in [0.29, 0.717) is 22.6 Å². The number of hydrogen-bond acceptors (Lipinski definition) is 6. The summed E-state index contributed by atoms with van der Waals surface area (Å²) in [5.74, 6) is -0.100. The van der Waals surface area contributed by atoms with Gasteiger partial charge in [-0.2, -0.15) is 0 Å². The number of rotatable bonds is 2. The lowest BCUT2D eigenvalue weighted by molar-refractivity contribution is 0.0971. The summed E-state index contributed by atoms with van der Waals surface area (Å²) in [6, 6.07) is 1.71. The fraction of sp³-hybridized carbons (Fsp3) is 0.250. The number of ketones is 2. The standard InChI is InChI=1S/C16H15N3O3/c1-8-10(22-4)7-18-13-11(8)15(20)14-12(16(13)21)9(19(2)3)5-6-17-14/h5-7H,1-4H3. The molecule has 0 spiro atoms. The first-order valence-electron chi connectivity index (χ1n) is 6.76. The van der Waals surface area contributed by atoms with E-state index in [0.717, 1.165) is 0 Å². The Morgan fingerprint density at radius 2 is 1.68 bits per heavy atom. The van der Waals surface area contributed by atoms with Crippen LogP contribution in [-0.4, -0.2) is 42.7 Å². The molecule has 1 aliphatic rings. The van der Waals surface area contributed by atoms with Crippen LogP contribution in [0.4, 0.5) is 5.69 Å². The third-order valence-electron chi connectivity index (χ3n) is 3.81. The van der Waals surface area contributed by atoms with Gasteiger partial charge in [-0.15, -0.1) is 0 Å². The van der Waals surface area contributed by atoms with E-state index in [1.807, 2.05) is 14.1 Å². The monoisotopic (exact) mass is 297 g/mol. The van der Waals surface area contributed by atoms with Gasteiger partial charge in [-0.1, -0.05) is 0 Å². The minimum absolute atomic E-state index is 0.159. The average molecular weight is 297 g/mol. The maximum atomic E-state index is 12.8. The molecule has 0 bridgehead atoms. The van der Waals surface area contributed by atoms with E-state index >= 15 is 0 Å². The molecular formula is C16H15N3O3. The van der Waals surface area contributed by atoms with Crippen LogP contribution in [0.3, 0.4) is 0 Å². The van der Waals surface area contributed by atoms with E-state index in [4.69, 9.17) is 4.74 Å². The van der Waals surface area contributed by atoms with E-state index in [1.165, 1.54) is 19.5 Å². The Morgan fingerprint density at radius 3 is 2.32 bits per heavy atom. The molecule has 0 aromatic carbocycles. The summed E-state index contributed by atoms with van der Waals surface area (Å²) in [4.78, 5) is 35.6. The van der Waals surface area contributed by atoms with E-state index in [-0.39, 0.29) is 28.5 Å². The van der Waals surface area contributed by atoms with E-state index in [1.54, 1.807) is 17.9 Å². The number of fused-ring (bicyclic) bond motifs is 2. The number of aromatic nitrogens is 2. The number of carbonyl (C=O) groups excluding carboxylic acids is 2. The summed E-state index contributed by atoms with van der Waals surface area (Å²) in [5, 5.41) is 0. The topological polar surface area (TPSA) is 72.4 Å². The average Bonchev–Trinajstić information content (AvgIpc) is 2.51. The Bertz CT molecular complexity index is 813. The summed E-state index contributed by atoms with van der Waals surface area (Å²) in [6.45, 7) is 1.74. The van der Waals surface area contributed by atoms with Crippen LogP contribution in [0.5, 0.6) is 5.75 Å². The molecule has 6 heteroatoms. The third kappa shape index (κ3) is 1.80. The highest BCUT2D eigenvalue weighted by Crippen LogP contribution is 2.34. The van der Waals surface area contributed by atoms with Gasteiger partial charge in [0.1, 0.15) is 17.1 Å². The number of anilines is 1. The van der Waals surface area contributed by atoms with Gasteiger partial charge in [-0.3, -0.25) is 14.6 Å². The van der Waals surface area contributed by atoms with Gasteiger partial charge in [0.15, 0.2) is 0 Å². The van der Waals surface area contributed by atoms with Crippen molar-refractivity contribution in [1.82, 2.24) is 9.97 Å². The fourth-order valence-electron chi connectivity index (χ4n) is 2.70. The zero-order chi connectivity index (χ0) is 16.0. The van der Waals surface area contributed by atoms with E-state index in [2.05, 4.69) is 9.97 Å². The van der Waals surface area contributed by atoms with Gasteiger partial charge in [0.2, 0.25) is 11.6 Å². The van der Waals surface area contributed by atoms with Crippen molar-refractivity contribution >= 4 is 17.3 Å². The van der Waals surface area contributed by atoms with Gasteiger partial charge in [0.25, 0.3) is 0 Å². The molecule has 0 fully saturated rings. The van der Waals surface area contributed by atoms with Crippen LogP contribution in [0.2, 0.25) is 0 Å². The fourth-order valence-corrected chi connectivity index (χ4v) is 2.70. The van der Waals surface area contributed by atoms with Gasteiger partial charge in [0.05, 0.1) is 30.1 Å². The lowest BCUT2D eigenvalue weighted by atomic mass is 9.87. The largest absolute Gasteiger partial charge is 0.495 e. The molecule has 0 unspecified atom stereocenters. The molecule has 0 amide bonds. The van der Waals surface area contributed by atoms with Gasteiger partial charge < -0.3 is 9.64 Å². The van der Waals surface area contributed by atoms with Crippen molar-refractivity contribution in [3.05, 3.63) is 46.5 Å². The maximum Gasteiger partial charge on any atom is 0.216 e. The van der Waals surface area contributed by atoms with Crippen LogP contribution < -0.4 is 9.64 Å². The quantitative estimate of drug-likeness (QED) is 0.716. The highest BCUT2D eigenvalue weighted by molar-refractivity contribution is 6.29. The Balaban J connectivity index is 2.33. The van der Waals surface area contributed by atoms with Crippen molar-refractivity contribution in [3.8, 4) is 5.75 Å². The summed E-state index contributed by atoms with van der Waals surface area (Å²) in [6.07, 6.45) is 3.00. The van der Waals surface area contributed by atoms with Crippen LogP contribution in [0.15, 0.2) is 18.5 Å². The SMILES string of the molecule is COc1cnc2c(c1C)C(=O)c1nccc(N(C)C)c1C2=O. The lowest BCUT2D eigenvalue weighted by Crippen LogP contribution is -2.27. The number of methoxy groups -OCH3 is 1. The van der Waals surface area contributed by atoms with Crippen molar-refractivity contribution in [2.24, 2.45) is 0 Å². The summed E-state index contributed by atoms with van der Waals surface area (Å²) >= 11 is 0. The number of hydrogen-bond donors (Lipinski definition) is 0. The molecule has 22 heavy (non-hydrogen) atoms. The highest BCUT2D eigenvalue weighted by Gasteiger charge is 2.36. The highest BCUT2D eigenvalue weighted by atomic mass is 16.5. The lowest BCUT2D eigenvalue weighted by Gasteiger charge is -2.23. The molecule has 112 valence electrons. The zero-order valence-corrected chi connectivity index (χ0v) is 12.8. The van der Waals surface area contributed by atoms with Gasteiger partial charge in [0, 0.05) is 25.9 Å². The van der Waals surface area contributed by atoms with Crippen molar-refractivity contribution < 1.29 is 14.3 Å². The van der Waals surface area contributed by atoms with E-state index < -0.39 is 0 Å². The Kier molecular flexibility index (Phi) is 3.16. The number of pyridine rings is 2. The Labute approximate surface area is 127 Å². The second kappa shape index (κ2) is 4.91. The number of carbonyl (C=O) groups is 2. The molecule has 0 aliphatic heterocycles. The predicted molar refractivity (Wildman–Crippen MR) is 81.0 cm³/mol. The molecule has 0 radical (unpaired) electrons. The molecule has 2 aromatic heterocycles. The molecule has 0 atom stereocenters. The van der Waals surface area contributed by atoms with Crippen molar-refractivity contribution in [2.45, 2.75) is 6.92 Å². The molecule has 1 aliphatic carbocycles. The molecular weight excluding hydrogens is 282 g/mol. The minimum atomic E-state index is -0.294. The predicted octanol–water partition coefficient (Wildman–Crippen LogP) is 1.64. The summed E-state index contributed by atoms with van der Waals surface area (Å²) in [5.41, 5.74) is 2.17. The Morgan fingerprint density at radius 1 is 1.05 bits per heavy atom. The molecule has 2 aromatic rings. The van der Waals surface area contributed by atoms with Crippen LogP contribution in [0.25, 0.3) is 0 Å². The van der Waals surface area contributed by atoms with Crippen molar-refractivity contribution in [2.75, 3.05) is 26.1 Å².